The lowest BCUT2D eigenvalue weighted by atomic mass is 9.49. The Morgan fingerprint density at radius 3 is 2.21 bits per heavy atom. The van der Waals surface area contributed by atoms with E-state index in [0.29, 0.717) is 11.8 Å². The maximum Gasteiger partial charge on any atom is 0.220 e. The summed E-state index contributed by atoms with van der Waals surface area (Å²) in [6, 6.07) is 0.130. The molecule has 3 heteroatoms. The Labute approximate surface area is 116 Å². The zero-order valence-electron chi connectivity index (χ0n) is 12.2. The Bertz CT molecular complexity index is 315. The van der Waals surface area contributed by atoms with Crippen molar-refractivity contribution in [1.82, 2.24) is 5.32 Å². The number of carbonyl (C=O) groups excluding carboxylic acids is 1. The molecule has 3 nitrogen and oxygen atoms in total. The van der Waals surface area contributed by atoms with Gasteiger partial charge in [0, 0.05) is 19.0 Å². The molecule has 3 N–H and O–H groups in total. The highest BCUT2D eigenvalue weighted by Gasteiger charge is 2.50. The number of nitrogens with two attached hydrogens (primary N) is 1. The van der Waals surface area contributed by atoms with Crippen molar-refractivity contribution in [1.29, 1.82) is 0 Å². The summed E-state index contributed by atoms with van der Waals surface area (Å²) in [6.45, 7) is 2.89. The second-order valence-electron chi connectivity index (χ2n) is 7.71. The Hall–Kier alpha value is -0.570. The normalized spacial score (nSPS) is 41.3. The van der Waals surface area contributed by atoms with E-state index in [4.69, 9.17) is 5.73 Å². The van der Waals surface area contributed by atoms with Crippen molar-refractivity contribution >= 4 is 5.91 Å². The molecule has 0 saturated heterocycles. The van der Waals surface area contributed by atoms with Crippen LogP contribution in [0.15, 0.2) is 0 Å². The van der Waals surface area contributed by atoms with Crippen molar-refractivity contribution in [3.8, 4) is 0 Å². The summed E-state index contributed by atoms with van der Waals surface area (Å²) in [5, 5.41) is 3.20. The van der Waals surface area contributed by atoms with Crippen LogP contribution >= 0.6 is 0 Å². The van der Waals surface area contributed by atoms with Crippen LogP contribution in [0.3, 0.4) is 0 Å². The Kier molecular flexibility index (Phi) is 3.59. The number of nitrogens with one attached hydrogen (secondary N) is 1. The summed E-state index contributed by atoms with van der Waals surface area (Å²) in [5.41, 5.74) is 6.16. The number of rotatable bonds is 5. The molecule has 1 unspecified atom stereocenters. The average Bonchev–Trinajstić information content (AvgIpc) is 2.32. The molecule has 4 bridgehead atoms. The highest BCUT2D eigenvalue weighted by molar-refractivity contribution is 5.75. The van der Waals surface area contributed by atoms with Crippen LogP contribution in [-0.2, 0) is 4.79 Å². The van der Waals surface area contributed by atoms with Crippen LogP contribution in [0.4, 0.5) is 0 Å². The van der Waals surface area contributed by atoms with Gasteiger partial charge in [-0.05, 0) is 75.0 Å². The molecule has 0 aromatic carbocycles. The second-order valence-corrected chi connectivity index (χ2v) is 7.71. The molecule has 0 spiro atoms. The average molecular weight is 264 g/mol. The second kappa shape index (κ2) is 5.08. The monoisotopic (exact) mass is 264 g/mol. The minimum atomic E-state index is 0.130. The highest BCUT2D eigenvalue weighted by atomic mass is 16.1. The van der Waals surface area contributed by atoms with E-state index in [1.165, 1.54) is 38.5 Å². The molecule has 0 aromatic rings. The van der Waals surface area contributed by atoms with Crippen molar-refractivity contribution < 1.29 is 4.79 Å². The number of hydrogen-bond acceptors (Lipinski definition) is 2. The standard InChI is InChI=1S/C16H28N2O/c1-11(17)2-3-15(19)18-10-16-7-12-4-13(8-16)6-14(5-12)9-16/h11-14H,2-10,17H2,1H3,(H,18,19). The van der Waals surface area contributed by atoms with Crippen LogP contribution < -0.4 is 11.1 Å². The van der Waals surface area contributed by atoms with Crippen LogP contribution in [0.25, 0.3) is 0 Å². The maximum atomic E-state index is 11.9. The van der Waals surface area contributed by atoms with Gasteiger partial charge in [0.2, 0.25) is 5.91 Å². The summed E-state index contributed by atoms with van der Waals surface area (Å²) in [5.74, 6) is 3.10. The molecule has 0 heterocycles. The van der Waals surface area contributed by atoms with Gasteiger partial charge in [0.25, 0.3) is 0 Å². The predicted molar refractivity (Wildman–Crippen MR) is 76.5 cm³/mol. The Morgan fingerprint density at radius 1 is 1.21 bits per heavy atom. The van der Waals surface area contributed by atoms with E-state index in [0.717, 1.165) is 30.7 Å². The molecule has 108 valence electrons. The fraction of sp³-hybridized carbons (Fsp3) is 0.938. The molecule has 4 aliphatic rings. The van der Waals surface area contributed by atoms with Crippen LogP contribution in [0, 0.1) is 23.2 Å². The van der Waals surface area contributed by atoms with E-state index in [1.807, 2.05) is 6.92 Å². The van der Waals surface area contributed by atoms with Gasteiger partial charge in [0.15, 0.2) is 0 Å². The van der Waals surface area contributed by atoms with E-state index in [-0.39, 0.29) is 11.9 Å². The summed E-state index contributed by atoms with van der Waals surface area (Å²) < 4.78 is 0. The van der Waals surface area contributed by atoms with Crippen LogP contribution in [0.5, 0.6) is 0 Å². The molecule has 0 aromatic heterocycles. The van der Waals surface area contributed by atoms with Crippen molar-refractivity contribution in [2.24, 2.45) is 28.9 Å². The van der Waals surface area contributed by atoms with Gasteiger partial charge in [0.05, 0.1) is 0 Å². The van der Waals surface area contributed by atoms with Crippen molar-refractivity contribution in [2.45, 2.75) is 64.3 Å². The summed E-state index contributed by atoms with van der Waals surface area (Å²) in [7, 11) is 0. The quantitative estimate of drug-likeness (QED) is 0.801. The summed E-state index contributed by atoms with van der Waals surface area (Å²) in [4.78, 5) is 11.9. The maximum absolute atomic E-state index is 11.9. The molecule has 19 heavy (non-hydrogen) atoms. The van der Waals surface area contributed by atoms with Gasteiger partial charge in [-0.3, -0.25) is 4.79 Å². The van der Waals surface area contributed by atoms with E-state index in [1.54, 1.807) is 0 Å². The minimum Gasteiger partial charge on any atom is -0.356 e. The van der Waals surface area contributed by atoms with E-state index in [9.17, 15) is 4.79 Å². The van der Waals surface area contributed by atoms with Gasteiger partial charge >= 0.3 is 0 Å². The zero-order valence-corrected chi connectivity index (χ0v) is 12.2. The first-order valence-corrected chi connectivity index (χ1v) is 8.07. The fourth-order valence-electron chi connectivity index (χ4n) is 5.24. The first kappa shape index (κ1) is 13.4. The van der Waals surface area contributed by atoms with E-state index >= 15 is 0 Å². The molecule has 1 amide bonds. The smallest absolute Gasteiger partial charge is 0.220 e. The number of carbonyl (C=O) groups is 1. The van der Waals surface area contributed by atoms with Crippen LogP contribution in [-0.4, -0.2) is 18.5 Å². The molecule has 4 rings (SSSR count). The lowest BCUT2D eigenvalue weighted by Gasteiger charge is -2.56. The number of amides is 1. The largest absolute Gasteiger partial charge is 0.356 e. The lowest BCUT2D eigenvalue weighted by Crippen LogP contribution is -2.51. The van der Waals surface area contributed by atoms with Gasteiger partial charge in [-0.1, -0.05) is 0 Å². The number of hydrogen-bond donors (Lipinski definition) is 2. The molecule has 0 aliphatic heterocycles. The predicted octanol–water partition coefficient (Wildman–Crippen LogP) is 2.45. The first-order chi connectivity index (χ1) is 9.05. The summed E-state index contributed by atoms with van der Waals surface area (Å²) >= 11 is 0. The third-order valence-corrected chi connectivity index (χ3v) is 5.65. The molecule has 4 aliphatic carbocycles. The topological polar surface area (TPSA) is 55.1 Å². The molecule has 1 atom stereocenters. The third-order valence-electron chi connectivity index (χ3n) is 5.65. The first-order valence-electron chi connectivity index (χ1n) is 8.07. The SMILES string of the molecule is CC(N)CCC(=O)NCC12CC3CC(CC(C3)C1)C2. The van der Waals surface area contributed by atoms with E-state index in [2.05, 4.69) is 5.32 Å². The Morgan fingerprint density at radius 2 is 1.74 bits per heavy atom. The zero-order chi connectivity index (χ0) is 13.5. The third kappa shape index (κ3) is 2.96. The van der Waals surface area contributed by atoms with Gasteiger partial charge in [-0.25, -0.2) is 0 Å². The van der Waals surface area contributed by atoms with Crippen molar-refractivity contribution in [3.63, 3.8) is 0 Å². The minimum absolute atomic E-state index is 0.130. The molecule has 0 radical (unpaired) electrons. The van der Waals surface area contributed by atoms with E-state index < -0.39 is 0 Å². The molecular weight excluding hydrogens is 236 g/mol. The van der Waals surface area contributed by atoms with Gasteiger partial charge in [0.1, 0.15) is 0 Å². The van der Waals surface area contributed by atoms with Crippen molar-refractivity contribution in [2.75, 3.05) is 6.54 Å². The van der Waals surface area contributed by atoms with Crippen LogP contribution in [0.1, 0.15) is 58.3 Å². The van der Waals surface area contributed by atoms with Crippen molar-refractivity contribution in [3.05, 3.63) is 0 Å². The van der Waals surface area contributed by atoms with Crippen LogP contribution in [0.2, 0.25) is 0 Å². The fourth-order valence-corrected chi connectivity index (χ4v) is 5.24. The molecular formula is C16H28N2O. The molecule has 4 fully saturated rings. The van der Waals surface area contributed by atoms with Gasteiger partial charge in [-0.2, -0.15) is 0 Å². The lowest BCUT2D eigenvalue weighted by molar-refractivity contribution is -0.123. The van der Waals surface area contributed by atoms with Gasteiger partial charge in [-0.15, -0.1) is 0 Å². The molecule has 4 saturated carbocycles. The highest BCUT2D eigenvalue weighted by Crippen LogP contribution is 2.59. The Balaban J connectivity index is 1.51. The summed E-state index contributed by atoms with van der Waals surface area (Å²) in [6.07, 6.45) is 9.90. The van der Waals surface area contributed by atoms with Gasteiger partial charge < -0.3 is 11.1 Å².